The molecule has 2 heterocycles. The molecule has 0 radical (unpaired) electrons. The van der Waals surface area contributed by atoms with E-state index >= 15 is 0 Å². The van der Waals surface area contributed by atoms with Crippen LogP contribution in [-0.2, 0) is 6.42 Å². The molecule has 3 N–H and O–H groups in total. The maximum Gasteiger partial charge on any atom is 0.258 e. The lowest BCUT2D eigenvalue weighted by atomic mass is 10.2. The first kappa shape index (κ1) is 11.1. The number of carbonyl (C=O) groups is 1. The number of aromatic hydroxyl groups is 1. The smallest absolute Gasteiger partial charge is 0.258 e. The molecule has 0 spiro atoms. The van der Waals surface area contributed by atoms with Crippen molar-refractivity contribution in [2.45, 2.75) is 13.3 Å². The van der Waals surface area contributed by atoms with E-state index in [0.717, 1.165) is 12.1 Å². The van der Waals surface area contributed by atoms with Crippen LogP contribution in [-0.4, -0.2) is 26.2 Å². The van der Waals surface area contributed by atoms with Gasteiger partial charge in [-0.05, 0) is 12.5 Å². The second-order valence-corrected chi connectivity index (χ2v) is 3.52. The van der Waals surface area contributed by atoms with Gasteiger partial charge >= 0.3 is 0 Å². The molecule has 0 saturated carbocycles. The number of hydrogen-bond acceptors (Lipinski definition) is 4. The van der Waals surface area contributed by atoms with Crippen molar-refractivity contribution in [1.29, 1.82) is 0 Å². The van der Waals surface area contributed by atoms with Crippen LogP contribution in [0.5, 0.6) is 5.75 Å². The third-order valence-corrected chi connectivity index (χ3v) is 2.24. The molecule has 88 valence electrons. The first-order valence-corrected chi connectivity index (χ1v) is 5.18. The lowest BCUT2D eigenvalue weighted by Gasteiger charge is -2.01. The zero-order chi connectivity index (χ0) is 12.3. The van der Waals surface area contributed by atoms with Gasteiger partial charge in [-0.2, -0.15) is 5.10 Å². The fourth-order valence-electron chi connectivity index (χ4n) is 1.35. The molecule has 0 fully saturated rings. The number of aromatic nitrogens is 3. The normalized spacial score (nSPS) is 10.2. The van der Waals surface area contributed by atoms with Gasteiger partial charge in [0, 0.05) is 18.0 Å². The predicted molar refractivity (Wildman–Crippen MR) is 61.8 cm³/mol. The minimum absolute atomic E-state index is 0.0473. The minimum atomic E-state index is -0.359. The van der Waals surface area contributed by atoms with Crippen LogP contribution in [0.25, 0.3) is 0 Å². The fraction of sp³-hybridized carbons (Fsp3) is 0.182. The molecule has 0 bridgehead atoms. The standard InChI is InChI=1S/C11H12N4O2/c1-2-8-4-10(15-14-8)13-11(17)7-3-9(16)6-12-5-7/h3-6,16H,2H2,1H3,(H2,13,14,15,17). The molecule has 6 nitrogen and oxygen atoms in total. The summed E-state index contributed by atoms with van der Waals surface area (Å²) in [5, 5.41) is 18.5. The summed E-state index contributed by atoms with van der Waals surface area (Å²) in [7, 11) is 0. The van der Waals surface area contributed by atoms with Crippen molar-refractivity contribution in [2.24, 2.45) is 0 Å². The summed E-state index contributed by atoms with van der Waals surface area (Å²) in [6.07, 6.45) is 3.46. The van der Waals surface area contributed by atoms with Crippen molar-refractivity contribution in [1.82, 2.24) is 15.2 Å². The minimum Gasteiger partial charge on any atom is -0.506 e. The highest BCUT2D eigenvalue weighted by molar-refractivity contribution is 6.03. The van der Waals surface area contributed by atoms with Crippen LogP contribution in [0.2, 0.25) is 0 Å². The van der Waals surface area contributed by atoms with Crippen LogP contribution < -0.4 is 5.32 Å². The van der Waals surface area contributed by atoms with Crippen molar-refractivity contribution in [3.8, 4) is 5.75 Å². The van der Waals surface area contributed by atoms with E-state index in [0.29, 0.717) is 5.82 Å². The van der Waals surface area contributed by atoms with Crippen LogP contribution in [0.4, 0.5) is 5.82 Å². The SMILES string of the molecule is CCc1cc(NC(=O)c2cncc(O)c2)n[nH]1. The number of hydrogen-bond donors (Lipinski definition) is 3. The number of pyridine rings is 1. The van der Waals surface area contributed by atoms with Crippen molar-refractivity contribution >= 4 is 11.7 Å². The largest absolute Gasteiger partial charge is 0.506 e. The van der Waals surface area contributed by atoms with Gasteiger partial charge in [0.2, 0.25) is 0 Å². The van der Waals surface area contributed by atoms with Gasteiger partial charge in [0.1, 0.15) is 5.75 Å². The van der Waals surface area contributed by atoms with Gasteiger partial charge in [-0.3, -0.25) is 14.9 Å². The van der Waals surface area contributed by atoms with Crippen LogP contribution in [0.1, 0.15) is 23.0 Å². The Bertz CT molecular complexity index is 536. The molecule has 2 rings (SSSR count). The highest BCUT2D eigenvalue weighted by Gasteiger charge is 2.09. The molecule has 2 aromatic rings. The Morgan fingerprint density at radius 1 is 1.47 bits per heavy atom. The number of aryl methyl sites for hydroxylation is 1. The van der Waals surface area contributed by atoms with Crippen LogP contribution in [0.15, 0.2) is 24.5 Å². The summed E-state index contributed by atoms with van der Waals surface area (Å²) in [6.45, 7) is 1.98. The third kappa shape index (κ3) is 2.60. The molecule has 0 saturated heterocycles. The molecular formula is C11H12N4O2. The molecule has 2 aromatic heterocycles. The first-order chi connectivity index (χ1) is 8.19. The fourth-order valence-corrected chi connectivity index (χ4v) is 1.35. The lowest BCUT2D eigenvalue weighted by Crippen LogP contribution is -2.12. The van der Waals surface area contributed by atoms with E-state index in [2.05, 4.69) is 20.5 Å². The molecule has 0 aromatic carbocycles. The van der Waals surface area contributed by atoms with Gasteiger partial charge in [0.15, 0.2) is 5.82 Å². The Morgan fingerprint density at radius 2 is 2.29 bits per heavy atom. The number of nitrogens with zero attached hydrogens (tertiary/aromatic N) is 2. The van der Waals surface area contributed by atoms with E-state index in [1.165, 1.54) is 18.5 Å². The third-order valence-electron chi connectivity index (χ3n) is 2.24. The molecule has 0 unspecified atom stereocenters. The number of H-pyrrole nitrogens is 1. The second kappa shape index (κ2) is 4.65. The van der Waals surface area contributed by atoms with Crippen LogP contribution in [0.3, 0.4) is 0 Å². The Kier molecular flexibility index (Phi) is 3.04. The summed E-state index contributed by atoms with van der Waals surface area (Å²) < 4.78 is 0. The molecular weight excluding hydrogens is 220 g/mol. The van der Waals surface area contributed by atoms with Gasteiger partial charge < -0.3 is 10.4 Å². The van der Waals surface area contributed by atoms with Gasteiger partial charge in [-0.1, -0.05) is 6.92 Å². The quantitative estimate of drug-likeness (QED) is 0.744. The highest BCUT2D eigenvalue weighted by Crippen LogP contribution is 2.11. The van der Waals surface area contributed by atoms with E-state index in [9.17, 15) is 9.90 Å². The maximum absolute atomic E-state index is 11.7. The molecule has 0 aliphatic heterocycles. The maximum atomic E-state index is 11.7. The van der Waals surface area contributed by atoms with Crippen LogP contribution >= 0.6 is 0 Å². The number of anilines is 1. The van der Waals surface area contributed by atoms with Gasteiger partial charge in [-0.25, -0.2) is 0 Å². The Balaban J connectivity index is 2.11. The zero-order valence-corrected chi connectivity index (χ0v) is 9.27. The average Bonchev–Trinajstić information content (AvgIpc) is 2.77. The molecule has 6 heteroatoms. The predicted octanol–water partition coefficient (Wildman–Crippen LogP) is 1.32. The number of rotatable bonds is 3. The van der Waals surface area contributed by atoms with Crippen molar-refractivity contribution in [2.75, 3.05) is 5.32 Å². The summed E-state index contributed by atoms with van der Waals surface area (Å²) in [4.78, 5) is 15.5. The van der Waals surface area contributed by atoms with E-state index < -0.39 is 0 Å². The average molecular weight is 232 g/mol. The van der Waals surface area contributed by atoms with E-state index in [4.69, 9.17) is 0 Å². The Morgan fingerprint density at radius 3 is 2.94 bits per heavy atom. The summed E-state index contributed by atoms with van der Waals surface area (Å²) in [5.74, 6) is 0.0478. The molecule has 0 aliphatic carbocycles. The number of aromatic amines is 1. The van der Waals surface area contributed by atoms with E-state index in [1.807, 2.05) is 6.92 Å². The van der Waals surface area contributed by atoms with E-state index in [1.54, 1.807) is 6.07 Å². The zero-order valence-electron chi connectivity index (χ0n) is 9.27. The Hall–Kier alpha value is -2.37. The van der Waals surface area contributed by atoms with Gasteiger partial charge in [0.25, 0.3) is 5.91 Å². The topological polar surface area (TPSA) is 90.9 Å². The molecule has 0 aliphatic rings. The second-order valence-electron chi connectivity index (χ2n) is 3.52. The van der Waals surface area contributed by atoms with Gasteiger partial charge in [-0.15, -0.1) is 0 Å². The lowest BCUT2D eigenvalue weighted by molar-refractivity contribution is 0.102. The van der Waals surface area contributed by atoms with Crippen molar-refractivity contribution in [3.05, 3.63) is 35.8 Å². The summed E-state index contributed by atoms with van der Waals surface area (Å²) in [6, 6.07) is 3.10. The monoisotopic (exact) mass is 232 g/mol. The first-order valence-electron chi connectivity index (χ1n) is 5.18. The van der Waals surface area contributed by atoms with Crippen molar-refractivity contribution in [3.63, 3.8) is 0 Å². The van der Waals surface area contributed by atoms with Crippen molar-refractivity contribution < 1.29 is 9.90 Å². The summed E-state index contributed by atoms with van der Waals surface area (Å²) in [5.41, 5.74) is 1.22. The molecule has 0 atom stereocenters. The van der Waals surface area contributed by atoms with Crippen LogP contribution in [0, 0.1) is 0 Å². The van der Waals surface area contributed by atoms with E-state index in [-0.39, 0.29) is 17.2 Å². The highest BCUT2D eigenvalue weighted by atomic mass is 16.3. The number of nitrogens with one attached hydrogen (secondary N) is 2. The number of amides is 1. The molecule has 1 amide bonds. The molecule has 17 heavy (non-hydrogen) atoms. The number of carbonyl (C=O) groups excluding carboxylic acids is 1. The summed E-state index contributed by atoms with van der Waals surface area (Å²) >= 11 is 0. The Labute approximate surface area is 97.7 Å². The van der Waals surface area contributed by atoms with Gasteiger partial charge in [0.05, 0.1) is 11.8 Å².